The van der Waals surface area contributed by atoms with E-state index in [0.717, 1.165) is 12.0 Å². The Morgan fingerprint density at radius 2 is 1.90 bits per heavy atom. The maximum atomic E-state index is 12.2. The monoisotopic (exact) mass is 310 g/mol. The van der Waals surface area contributed by atoms with Gasteiger partial charge in [-0.2, -0.15) is 0 Å². The van der Waals surface area contributed by atoms with E-state index >= 15 is 0 Å². The van der Waals surface area contributed by atoms with Crippen molar-refractivity contribution in [3.05, 3.63) is 34.9 Å². The van der Waals surface area contributed by atoms with Crippen molar-refractivity contribution in [2.24, 2.45) is 5.73 Å². The van der Waals surface area contributed by atoms with Crippen LogP contribution >= 0.6 is 11.6 Å². The summed E-state index contributed by atoms with van der Waals surface area (Å²) >= 11 is 5.92. The number of carbonyl (C=O) groups is 1. The number of hydrogen-bond acceptors (Lipinski definition) is 3. The SMILES string of the molecule is CC(C)(C)OC(=O)N1CC(N)CC(c2ccc(Cl)cc2)C1. The second kappa shape index (κ2) is 6.24. The molecule has 0 radical (unpaired) electrons. The summed E-state index contributed by atoms with van der Waals surface area (Å²) in [6, 6.07) is 7.70. The molecule has 0 saturated carbocycles. The molecule has 2 N–H and O–H groups in total. The smallest absolute Gasteiger partial charge is 0.410 e. The van der Waals surface area contributed by atoms with E-state index in [1.54, 1.807) is 4.90 Å². The van der Waals surface area contributed by atoms with E-state index in [1.165, 1.54) is 0 Å². The van der Waals surface area contributed by atoms with E-state index in [2.05, 4.69) is 0 Å². The summed E-state index contributed by atoms with van der Waals surface area (Å²) in [4.78, 5) is 13.9. The molecular formula is C16H23ClN2O2. The molecule has 0 aromatic heterocycles. The maximum absolute atomic E-state index is 12.2. The number of nitrogens with zero attached hydrogens (tertiary/aromatic N) is 1. The van der Waals surface area contributed by atoms with Crippen LogP contribution in [0.4, 0.5) is 4.79 Å². The van der Waals surface area contributed by atoms with Gasteiger partial charge in [0.2, 0.25) is 0 Å². The first-order chi connectivity index (χ1) is 9.74. The summed E-state index contributed by atoms with van der Waals surface area (Å²) in [5.74, 6) is 0.221. The lowest BCUT2D eigenvalue weighted by Crippen LogP contribution is -2.50. The number of likely N-dealkylation sites (tertiary alicyclic amines) is 1. The van der Waals surface area contributed by atoms with E-state index < -0.39 is 5.60 Å². The van der Waals surface area contributed by atoms with E-state index in [9.17, 15) is 4.79 Å². The van der Waals surface area contributed by atoms with Crippen LogP contribution in [0.15, 0.2) is 24.3 Å². The first kappa shape index (κ1) is 16.1. The highest BCUT2D eigenvalue weighted by atomic mass is 35.5. The van der Waals surface area contributed by atoms with Crippen LogP contribution in [0, 0.1) is 0 Å². The van der Waals surface area contributed by atoms with Crippen molar-refractivity contribution >= 4 is 17.7 Å². The first-order valence-electron chi connectivity index (χ1n) is 7.23. The molecule has 116 valence electrons. The molecule has 0 aliphatic carbocycles. The molecule has 1 saturated heterocycles. The molecule has 1 aliphatic heterocycles. The number of carbonyl (C=O) groups excluding carboxylic acids is 1. The maximum Gasteiger partial charge on any atom is 0.410 e. The van der Waals surface area contributed by atoms with Gasteiger partial charge in [-0.05, 0) is 44.9 Å². The average Bonchev–Trinajstić information content (AvgIpc) is 2.36. The predicted octanol–water partition coefficient (Wildman–Crippen LogP) is 3.39. The molecule has 21 heavy (non-hydrogen) atoms. The fourth-order valence-electron chi connectivity index (χ4n) is 2.59. The summed E-state index contributed by atoms with van der Waals surface area (Å²) in [7, 11) is 0. The highest BCUT2D eigenvalue weighted by molar-refractivity contribution is 6.30. The molecule has 2 unspecified atom stereocenters. The standard InChI is InChI=1S/C16H23ClN2O2/c1-16(2,3)21-15(20)19-9-12(8-14(18)10-19)11-4-6-13(17)7-5-11/h4-7,12,14H,8-10,18H2,1-3H3. The van der Waals surface area contributed by atoms with Crippen LogP contribution in [0.1, 0.15) is 38.7 Å². The molecular weight excluding hydrogens is 288 g/mol. The van der Waals surface area contributed by atoms with Gasteiger partial charge < -0.3 is 15.4 Å². The Kier molecular flexibility index (Phi) is 4.79. The number of benzene rings is 1. The van der Waals surface area contributed by atoms with Crippen LogP contribution < -0.4 is 5.73 Å². The molecule has 2 rings (SSSR count). The van der Waals surface area contributed by atoms with Gasteiger partial charge in [-0.1, -0.05) is 23.7 Å². The van der Waals surface area contributed by atoms with Gasteiger partial charge in [0.15, 0.2) is 0 Å². The van der Waals surface area contributed by atoms with Crippen LogP contribution in [-0.4, -0.2) is 35.7 Å². The molecule has 0 bridgehead atoms. The van der Waals surface area contributed by atoms with E-state index in [0.29, 0.717) is 18.1 Å². The van der Waals surface area contributed by atoms with Crippen molar-refractivity contribution in [3.8, 4) is 0 Å². The Morgan fingerprint density at radius 3 is 2.48 bits per heavy atom. The predicted molar refractivity (Wildman–Crippen MR) is 84.6 cm³/mol. The van der Waals surface area contributed by atoms with Crippen molar-refractivity contribution in [2.45, 2.75) is 44.8 Å². The lowest BCUT2D eigenvalue weighted by atomic mass is 9.88. The van der Waals surface area contributed by atoms with Crippen molar-refractivity contribution in [1.29, 1.82) is 0 Å². The van der Waals surface area contributed by atoms with Crippen LogP contribution in [-0.2, 0) is 4.74 Å². The van der Waals surface area contributed by atoms with Gasteiger partial charge in [0.05, 0.1) is 0 Å². The third-order valence-electron chi connectivity index (χ3n) is 3.48. The van der Waals surface area contributed by atoms with Gasteiger partial charge >= 0.3 is 6.09 Å². The summed E-state index contributed by atoms with van der Waals surface area (Å²) in [6.45, 7) is 6.77. The summed E-state index contributed by atoms with van der Waals surface area (Å²) in [5.41, 5.74) is 6.77. The van der Waals surface area contributed by atoms with Gasteiger partial charge in [0.25, 0.3) is 0 Å². The van der Waals surface area contributed by atoms with Crippen LogP contribution in [0.2, 0.25) is 5.02 Å². The van der Waals surface area contributed by atoms with E-state index in [1.807, 2.05) is 45.0 Å². The molecule has 1 amide bonds. The highest BCUT2D eigenvalue weighted by Crippen LogP contribution is 2.28. The largest absolute Gasteiger partial charge is 0.444 e. The number of piperidine rings is 1. The Balaban J connectivity index is 2.08. The molecule has 4 nitrogen and oxygen atoms in total. The Hall–Kier alpha value is -1.26. The van der Waals surface area contributed by atoms with Crippen molar-refractivity contribution < 1.29 is 9.53 Å². The normalized spacial score (nSPS) is 23.0. The minimum atomic E-state index is -0.492. The fourth-order valence-corrected chi connectivity index (χ4v) is 2.72. The molecule has 0 spiro atoms. The van der Waals surface area contributed by atoms with Gasteiger partial charge in [0, 0.05) is 30.1 Å². The zero-order valence-electron chi connectivity index (χ0n) is 12.8. The first-order valence-corrected chi connectivity index (χ1v) is 7.61. The topological polar surface area (TPSA) is 55.6 Å². The molecule has 2 atom stereocenters. The molecule has 1 aromatic rings. The molecule has 1 aliphatic rings. The molecule has 1 aromatic carbocycles. The Labute approximate surface area is 131 Å². The Bertz CT molecular complexity index is 496. The third kappa shape index (κ3) is 4.61. The number of rotatable bonds is 1. The zero-order chi connectivity index (χ0) is 15.6. The van der Waals surface area contributed by atoms with Gasteiger partial charge in [-0.3, -0.25) is 0 Å². The average molecular weight is 311 g/mol. The second-order valence-corrected chi connectivity index (χ2v) is 7.07. The summed E-state index contributed by atoms with van der Waals surface area (Å²) < 4.78 is 5.44. The van der Waals surface area contributed by atoms with Crippen LogP contribution in [0.3, 0.4) is 0 Å². The van der Waals surface area contributed by atoms with E-state index in [-0.39, 0.29) is 18.1 Å². The molecule has 5 heteroatoms. The van der Waals surface area contributed by atoms with Crippen LogP contribution in [0.25, 0.3) is 0 Å². The third-order valence-corrected chi connectivity index (χ3v) is 3.73. The summed E-state index contributed by atoms with van der Waals surface area (Å²) in [5, 5.41) is 0.711. The minimum absolute atomic E-state index is 0.0352. The highest BCUT2D eigenvalue weighted by Gasteiger charge is 2.31. The number of hydrogen-bond donors (Lipinski definition) is 1. The second-order valence-electron chi connectivity index (χ2n) is 6.63. The number of ether oxygens (including phenoxy) is 1. The molecule has 1 heterocycles. The lowest BCUT2D eigenvalue weighted by Gasteiger charge is -2.37. The van der Waals surface area contributed by atoms with Gasteiger partial charge in [0.1, 0.15) is 5.60 Å². The van der Waals surface area contributed by atoms with Crippen LogP contribution in [0.5, 0.6) is 0 Å². The van der Waals surface area contributed by atoms with E-state index in [4.69, 9.17) is 22.1 Å². The lowest BCUT2D eigenvalue weighted by molar-refractivity contribution is 0.0181. The van der Waals surface area contributed by atoms with Gasteiger partial charge in [-0.15, -0.1) is 0 Å². The summed E-state index contributed by atoms with van der Waals surface area (Å²) in [6.07, 6.45) is 0.567. The van der Waals surface area contributed by atoms with Crippen molar-refractivity contribution in [3.63, 3.8) is 0 Å². The molecule has 1 fully saturated rings. The zero-order valence-corrected chi connectivity index (χ0v) is 13.6. The number of amides is 1. The van der Waals surface area contributed by atoms with Crippen molar-refractivity contribution in [2.75, 3.05) is 13.1 Å². The number of halogens is 1. The van der Waals surface area contributed by atoms with Gasteiger partial charge in [-0.25, -0.2) is 4.79 Å². The minimum Gasteiger partial charge on any atom is -0.444 e. The fraction of sp³-hybridized carbons (Fsp3) is 0.562. The number of nitrogens with two attached hydrogens (primary N) is 1. The quantitative estimate of drug-likeness (QED) is 0.865. The van der Waals surface area contributed by atoms with Crippen molar-refractivity contribution in [1.82, 2.24) is 4.90 Å². The Morgan fingerprint density at radius 1 is 1.29 bits per heavy atom.